The molecule has 1 aliphatic rings. The number of rotatable bonds is 17. The molecule has 2 aromatic rings. The lowest BCUT2D eigenvalue weighted by Crippen LogP contribution is -2.43. The Morgan fingerprint density at radius 1 is 1.00 bits per heavy atom. The quantitative estimate of drug-likeness (QED) is 0.0583. The summed E-state index contributed by atoms with van der Waals surface area (Å²) in [5.41, 5.74) is -0.384. The molecule has 0 heterocycles. The van der Waals surface area contributed by atoms with Gasteiger partial charge in [-0.05, 0) is 42.2 Å². The minimum atomic E-state index is -4.79. The molecule has 3 rings (SSSR count). The first kappa shape index (κ1) is 34.8. The number of hydrogen-bond donors (Lipinski definition) is 0. The number of alkyl halides is 3. The van der Waals surface area contributed by atoms with Crippen LogP contribution in [-0.2, 0) is 14.3 Å². The maximum absolute atomic E-state index is 14.9. The normalized spacial score (nSPS) is 17.1. The molecule has 0 radical (unpaired) electrons. The van der Waals surface area contributed by atoms with E-state index in [0.29, 0.717) is 6.42 Å². The molecular formula is C35H40F4O5. The van der Waals surface area contributed by atoms with E-state index in [2.05, 4.69) is 13.5 Å². The van der Waals surface area contributed by atoms with Crippen molar-refractivity contribution in [1.29, 1.82) is 0 Å². The Hall–Kier alpha value is -3.72. The van der Waals surface area contributed by atoms with E-state index in [1.54, 1.807) is 12.2 Å². The average molecular weight is 617 g/mol. The van der Waals surface area contributed by atoms with Gasteiger partial charge in [-0.1, -0.05) is 100 Å². The Kier molecular flexibility index (Phi) is 13.4. The van der Waals surface area contributed by atoms with Crippen molar-refractivity contribution in [3.05, 3.63) is 96.4 Å². The fourth-order valence-corrected chi connectivity index (χ4v) is 4.86. The molecule has 0 aromatic heterocycles. The van der Waals surface area contributed by atoms with Gasteiger partial charge in [0.25, 0.3) is 0 Å². The summed E-state index contributed by atoms with van der Waals surface area (Å²) in [5, 5.41) is 0. The van der Waals surface area contributed by atoms with Gasteiger partial charge >= 0.3 is 18.1 Å². The molecule has 0 aliphatic heterocycles. The predicted molar refractivity (Wildman–Crippen MR) is 162 cm³/mol. The molecule has 238 valence electrons. The van der Waals surface area contributed by atoms with Crippen LogP contribution in [0.15, 0.2) is 79.4 Å². The van der Waals surface area contributed by atoms with Gasteiger partial charge in [0.1, 0.15) is 11.6 Å². The summed E-state index contributed by atoms with van der Waals surface area (Å²) in [6.07, 6.45) is 6.16. The number of benzene rings is 2. The Bertz CT molecular complexity index is 1300. The molecule has 0 spiro atoms. The second kappa shape index (κ2) is 16.9. The van der Waals surface area contributed by atoms with Crippen molar-refractivity contribution in [3.8, 4) is 5.75 Å². The van der Waals surface area contributed by atoms with E-state index in [1.807, 2.05) is 36.4 Å². The number of carbonyl (C=O) groups is 2. The Balaban J connectivity index is 1.62. The SMILES string of the molecule is C=CCOC1(C(=O)Oc2ccc(C(=O)OC(CCCCCCCCCC)C(F)(F)F)c(F)c2)C=CC(c2ccccc2)=CC1. The third-order valence-electron chi connectivity index (χ3n) is 7.37. The topological polar surface area (TPSA) is 61.8 Å². The average Bonchev–Trinajstić information content (AvgIpc) is 3.00. The molecule has 2 aromatic carbocycles. The number of unbranched alkanes of at least 4 members (excludes halogenated alkanes) is 7. The number of hydrogen-bond acceptors (Lipinski definition) is 5. The van der Waals surface area contributed by atoms with Gasteiger partial charge in [0.2, 0.25) is 0 Å². The molecule has 0 saturated carbocycles. The summed E-state index contributed by atoms with van der Waals surface area (Å²) in [6.45, 7) is 5.76. The predicted octanol–water partition coefficient (Wildman–Crippen LogP) is 9.33. The lowest BCUT2D eigenvalue weighted by atomic mass is 9.89. The minimum Gasteiger partial charge on any atom is -0.449 e. The molecular weight excluding hydrogens is 576 g/mol. The van der Waals surface area contributed by atoms with Crippen molar-refractivity contribution in [3.63, 3.8) is 0 Å². The molecule has 5 nitrogen and oxygen atoms in total. The zero-order chi connectivity index (χ0) is 32.0. The van der Waals surface area contributed by atoms with Crippen molar-refractivity contribution in [2.45, 2.75) is 89.0 Å². The Labute approximate surface area is 256 Å². The van der Waals surface area contributed by atoms with Crippen LogP contribution in [0.4, 0.5) is 17.6 Å². The van der Waals surface area contributed by atoms with Gasteiger partial charge in [0, 0.05) is 12.5 Å². The monoisotopic (exact) mass is 616 g/mol. The lowest BCUT2D eigenvalue weighted by molar-refractivity contribution is -0.206. The first-order valence-electron chi connectivity index (χ1n) is 15.1. The minimum absolute atomic E-state index is 0.0341. The first-order valence-corrected chi connectivity index (χ1v) is 15.1. The fourth-order valence-electron chi connectivity index (χ4n) is 4.86. The summed E-state index contributed by atoms with van der Waals surface area (Å²) in [5.74, 6) is -3.71. The van der Waals surface area contributed by atoms with Crippen LogP contribution < -0.4 is 4.74 Å². The van der Waals surface area contributed by atoms with Crippen molar-refractivity contribution in [1.82, 2.24) is 0 Å². The van der Waals surface area contributed by atoms with Crippen LogP contribution in [0.1, 0.15) is 87.1 Å². The zero-order valence-electron chi connectivity index (χ0n) is 25.0. The van der Waals surface area contributed by atoms with Gasteiger partial charge in [-0.25, -0.2) is 14.0 Å². The maximum Gasteiger partial charge on any atom is 0.425 e. The van der Waals surface area contributed by atoms with E-state index < -0.39 is 47.6 Å². The molecule has 44 heavy (non-hydrogen) atoms. The van der Waals surface area contributed by atoms with Crippen molar-refractivity contribution < 1.29 is 41.4 Å². The van der Waals surface area contributed by atoms with E-state index in [4.69, 9.17) is 14.2 Å². The van der Waals surface area contributed by atoms with Crippen molar-refractivity contribution >= 4 is 17.5 Å². The van der Waals surface area contributed by atoms with E-state index >= 15 is 0 Å². The number of halogens is 4. The largest absolute Gasteiger partial charge is 0.449 e. The summed E-state index contributed by atoms with van der Waals surface area (Å²) in [6, 6.07) is 12.3. The maximum atomic E-state index is 14.9. The number of esters is 2. The molecule has 2 atom stereocenters. The smallest absolute Gasteiger partial charge is 0.425 e. The lowest BCUT2D eigenvalue weighted by Gasteiger charge is -2.30. The number of ether oxygens (including phenoxy) is 3. The third kappa shape index (κ3) is 10.2. The van der Waals surface area contributed by atoms with Crippen LogP contribution >= 0.6 is 0 Å². The van der Waals surface area contributed by atoms with Crippen molar-refractivity contribution in [2.75, 3.05) is 6.61 Å². The highest BCUT2D eigenvalue weighted by atomic mass is 19.4. The molecule has 0 bridgehead atoms. The summed E-state index contributed by atoms with van der Waals surface area (Å²) < 4.78 is 71.6. The van der Waals surface area contributed by atoms with Crippen LogP contribution in [-0.4, -0.2) is 36.4 Å². The van der Waals surface area contributed by atoms with Crippen molar-refractivity contribution in [2.24, 2.45) is 0 Å². The van der Waals surface area contributed by atoms with Gasteiger partial charge in [0.05, 0.1) is 12.2 Å². The van der Waals surface area contributed by atoms with Gasteiger partial charge in [-0.3, -0.25) is 0 Å². The highest BCUT2D eigenvalue weighted by Gasteiger charge is 2.43. The molecule has 0 saturated heterocycles. The van der Waals surface area contributed by atoms with Crippen LogP contribution in [0, 0.1) is 5.82 Å². The van der Waals surface area contributed by atoms with Gasteiger partial charge in [0.15, 0.2) is 11.7 Å². The van der Waals surface area contributed by atoms with Crippen LogP contribution in [0.3, 0.4) is 0 Å². The molecule has 0 fully saturated rings. The fraction of sp³-hybridized carbons (Fsp3) is 0.429. The van der Waals surface area contributed by atoms with E-state index in [1.165, 1.54) is 6.08 Å². The summed E-state index contributed by atoms with van der Waals surface area (Å²) >= 11 is 0. The third-order valence-corrected chi connectivity index (χ3v) is 7.37. The number of carbonyl (C=O) groups excluding carboxylic acids is 2. The first-order chi connectivity index (χ1) is 21.1. The van der Waals surface area contributed by atoms with E-state index in [9.17, 15) is 27.2 Å². The Morgan fingerprint density at radius 3 is 2.27 bits per heavy atom. The zero-order valence-corrected chi connectivity index (χ0v) is 25.0. The highest BCUT2D eigenvalue weighted by molar-refractivity contribution is 5.91. The molecule has 0 N–H and O–H groups in total. The van der Waals surface area contributed by atoms with Gasteiger partial charge in [-0.15, -0.1) is 6.58 Å². The standard InChI is InChI=1S/C35H40F4O5/c1-3-5-6-7-8-9-10-14-17-31(35(37,38)39)44-32(40)29-19-18-28(25-30(29)36)43-33(41)34(42-24-4-2)22-20-27(21-23-34)26-15-12-11-13-16-26/h4,11-13,15-16,18-22,25,31H,2-3,5-10,14,17,23-24H2,1H3. The summed E-state index contributed by atoms with van der Waals surface area (Å²) in [7, 11) is 0. The van der Waals surface area contributed by atoms with Crippen LogP contribution in [0.5, 0.6) is 5.75 Å². The molecule has 1 aliphatic carbocycles. The summed E-state index contributed by atoms with van der Waals surface area (Å²) in [4.78, 5) is 25.8. The molecule has 9 heteroatoms. The van der Waals surface area contributed by atoms with Gasteiger partial charge in [-0.2, -0.15) is 13.2 Å². The molecule has 0 amide bonds. The number of allylic oxidation sites excluding steroid dienone is 2. The molecule has 2 unspecified atom stereocenters. The van der Waals surface area contributed by atoms with Crippen LogP contribution in [0.25, 0.3) is 5.57 Å². The van der Waals surface area contributed by atoms with Crippen LogP contribution in [0.2, 0.25) is 0 Å². The van der Waals surface area contributed by atoms with E-state index in [0.717, 1.165) is 67.9 Å². The highest BCUT2D eigenvalue weighted by Crippen LogP contribution is 2.32. The Morgan fingerprint density at radius 2 is 1.68 bits per heavy atom. The second-order valence-electron chi connectivity index (χ2n) is 10.8. The second-order valence-corrected chi connectivity index (χ2v) is 10.8. The van der Waals surface area contributed by atoms with Gasteiger partial charge < -0.3 is 14.2 Å². The van der Waals surface area contributed by atoms with E-state index in [-0.39, 0.29) is 25.2 Å².